The molecule has 2 saturated heterocycles. The lowest BCUT2D eigenvalue weighted by atomic mass is 9.70. The molecule has 2 aliphatic carbocycles. The normalized spacial score (nSPS) is 28.0. The van der Waals surface area contributed by atoms with E-state index in [0.29, 0.717) is 38.1 Å². The Hall–Kier alpha value is -3.68. The van der Waals surface area contributed by atoms with Crippen molar-refractivity contribution < 1.29 is 32.5 Å². The minimum atomic E-state index is -4.43. The molecule has 0 spiro atoms. The second-order valence-corrected chi connectivity index (χ2v) is 11.4. The fourth-order valence-corrected chi connectivity index (χ4v) is 6.44. The average Bonchev–Trinajstić information content (AvgIpc) is 3.60. The molecule has 0 radical (unpaired) electrons. The molecule has 0 unspecified atom stereocenters. The molecule has 1 amide bonds. The first kappa shape index (κ1) is 27.5. The number of fused-ring (bicyclic) bond motifs is 3. The van der Waals surface area contributed by atoms with E-state index in [-0.39, 0.29) is 24.3 Å². The molecule has 14 heteroatoms. The van der Waals surface area contributed by atoms with E-state index in [9.17, 15) is 23.1 Å². The fraction of sp³-hybridized carbons (Fsp3) is 0.593. The number of aromatic nitrogens is 6. The van der Waals surface area contributed by atoms with Gasteiger partial charge in [0.25, 0.3) is 0 Å². The van der Waals surface area contributed by atoms with Crippen molar-refractivity contribution in [3.63, 3.8) is 0 Å². The third-order valence-electron chi connectivity index (χ3n) is 8.95. The summed E-state index contributed by atoms with van der Waals surface area (Å²) in [5.74, 6) is 1.70. The Bertz CT molecular complexity index is 1390. The van der Waals surface area contributed by atoms with Crippen LogP contribution in [0.25, 0.3) is 0 Å². The number of hydrogen-bond donors (Lipinski definition) is 2. The van der Waals surface area contributed by atoms with E-state index in [0.717, 1.165) is 49.3 Å². The molecule has 2 bridgehead atoms. The maximum Gasteiger partial charge on any atom is 0.416 e. The first-order valence-electron chi connectivity index (χ1n) is 13.8. The lowest BCUT2D eigenvalue weighted by Gasteiger charge is -2.51. The van der Waals surface area contributed by atoms with Crippen molar-refractivity contribution in [2.75, 3.05) is 6.61 Å². The van der Waals surface area contributed by atoms with Gasteiger partial charge in [0.1, 0.15) is 29.5 Å². The summed E-state index contributed by atoms with van der Waals surface area (Å²) in [5.41, 5.74) is -0.972. The van der Waals surface area contributed by atoms with Crippen molar-refractivity contribution in [2.24, 2.45) is 7.05 Å². The number of nitrogens with zero attached hydrogens (tertiary/aromatic N) is 6. The Morgan fingerprint density at radius 3 is 2.56 bits per heavy atom. The molecule has 0 atom stereocenters. The van der Waals surface area contributed by atoms with Crippen molar-refractivity contribution >= 4 is 6.09 Å². The van der Waals surface area contributed by atoms with Crippen LogP contribution < -0.4 is 10.1 Å². The number of alkyl halides is 3. The first-order valence-corrected chi connectivity index (χ1v) is 13.8. The van der Waals surface area contributed by atoms with Crippen molar-refractivity contribution in [3.05, 3.63) is 53.4 Å². The van der Waals surface area contributed by atoms with Crippen molar-refractivity contribution in [1.29, 1.82) is 0 Å². The fourth-order valence-electron chi connectivity index (χ4n) is 6.44. The molecule has 4 heterocycles. The molecule has 1 aromatic carbocycles. The van der Waals surface area contributed by atoms with Gasteiger partial charge in [0.15, 0.2) is 5.82 Å². The van der Waals surface area contributed by atoms with Crippen LogP contribution in [-0.4, -0.2) is 53.1 Å². The summed E-state index contributed by atoms with van der Waals surface area (Å²) >= 11 is 0. The van der Waals surface area contributed by atoms with Gasteiger partial charge in [-0.25, -0.2) is 9.48 Å². The first-order chi connectivity index (χ1) is 19.6. The van der Waals surface area contributed by atoms with E-state index >= 15 is 0 Å². The summed E-state index contributed by atoms with van der Waals surface area (Å²) in [6.45, 7) is 0.348. The molecule has 7 rings (SSSR count). The van der Waals surface area contributed by atoms with Gasteiger partial charge >= 0.3 is 12.3 Å². The van der Waals surface area contributed by atoms with Crippen LogP contribution in [-0.2, 0) is 30.2 Å². The number of carbonyl (C=O) groups is 1. The largest absolute Gasteiger partial charge is 0.486 e. The van der Waals surface area contributed by atoms with Crippen LogP contribution in [0.4, 0.5) is 18.0 Å². The number of carboxylic acid groups (broad SMARTS) is 1. The molecule has 3 aromatic rings. The van der Waals surface area contributed by atoms with Gasteiger partial charge in [-0.3, -0.25) is 0 Å². The van der Waals surface area contributed by atoms with E-state index in [1.165, 1.54) is 12.1 Å². The zero-order chi connectivity index (χ0) is 28.8. The summed E-state index contributed by atoms with van der Waals surface area (Å²) in [6, 6.07) is 4.99. The zero-order valence-corrected chi connectivity index (χ0v) is 22.6. The smallest absolute Gasteiger partial charge is 0.416 e. The van der Waals surface area contributed by atoms with Crippen LogP contribution >= 0.6 is 0 Å². The third-order valence-corrected chi connectivity index (χ3v) is 8.95. The average molecular weight is 576 g/mol. The highest BCUT2D eigenvalue weighted by molar-refractivity contribution is 5.65. The van der Waals surface area contributed by atoms with E-state index < -0.39 is 29.0 Å². The number of halogens is 3. The molecular weight excluding hydrogens is 543 g/mol. The zero-order valence-electron chi connectivity index (χ0n) is 22.6. The quantitative estimate of drug-likeness (QED) is 0.415. The maximum absolute atomic E-state index is 13.0. The van der Waals surface area contributed by atoms with Gasteiger partial charge in [-0.1, -0.05) is 11.3 Å². The monoisotopic (exact) mass is 575 g/mol. The Balaban J connectivity index is 1.04. The van der Waals surface area contributed by atoms with Gasteiger partial charge < -0.3 is 24.5 Å². The van der Waals surface area contributed by atoms with E-state index in [2.05, 4.69) is 25.8 Å². The Morgan fingerprint density at radius 1 is 1.15 bits per heavy atom. The minimum Gasteiger partial charge on any atom is -0.486 e. The van der Waals surface area contributed by atoms with Gasteiger partial charge in [0.05, 0.1) is 29.9 Å². The summed E-state index contributed by atoms with van der Waals surface area (Å²) in [5, 5.41) is 29.4. The highest BCUT2D eigenvalue weighted by Crippen LogP contribution is 2.49. The Labute approximate surface area is 234 Å². The highest BCUT2D eigenvalue weighted by Gasteiger charge is 2.52. The lowest BCUT2D eigenvalue weighted by molar-refractivity contribution is -0.167. The Kier molecular flexibility index (Phi) is 6.91. The summed E-state index contributed by atoms with van der Waals surface area (Å²) in [6.07, 6.45) is 2.88. The van der Waals surface area contributed by atoms with E-state index in [1.807, 2.05) is 22.5 Å². The summed E-state index contributed by atoms with van der Waals surface area (Å²) in [4.78, 5) is 11.2. The predicted octanol–water partition coefficient (Wildman–Crippen LogP) is 4.71. The van der Waals surface area contributed by atoms with Crippen molar-refractivity contribution in [1.82, 2.24) is 35.1 Å². The number of nitrogens with one attached hydrogen (secondary N) is 1. The minimum absolute atomic E-state index is 0.0131. The Morgan fingerprint density at radius 2 is 1.90 bits per heavy atom. The van der Waals surface area contributed by atoms with Gasteiger partial charge in [-0.2, -0.15) is 13.2 Å². The van der Waals surface area contributed by atoms with E-state index in [1.54, 1.807) is 0 Å². The van der Waals surface area contributed by atoms with Gasteiger partial charge in [0, 0.05) is 13.0 Å². The molecule has 2 N–H and O–H groups in total. The lowest BCUT2D eigenvalue weighted by Crippen LogP contribution is -2.61. The van der Waals surface area contributed by atoms with Crippen molar-refractivity contribution in [3.8, 4) is 5.75 Å². The van der Waals surface area contributed by atoms with Crippen LogP contribution in [0.15, 0.2) is 30.5 Å². The predicted molar refractivity (Wildman–Crippen MR) is 137 cm³/mol. The standard InChI is InChI=1S/C27H32F3N7O4/c1-36-22(15-40-20-4-2-3-18(13-20)27(28,29)30)33-34-23(36)17-5-7-19(8-6-17)37-14-21(32-35-37)26-11-9-25(10-12-26,16-41-26)31-24(38)39/h2-4,13-14,17,19,31H,5-12,15-16H2,1H3,(H,38,39)/t17-,19-,25?,26?. The number of hydrogen-bond acceptors (Lipinski definition) is 7. The van der Waals surface area contributed by atoms with Crippen LogP contribution in [0.3, 0.4) is 0 Å². The summed E-state index contributed by atoms with van der Waals surface area (Å²) in [7, 11) is 1.85. The molecule has 2 aromatic heterocycles. The molecule has 11 nitrogen and oxygen atoms in total. The van der Waals surface area contributed by atoms with Gasteiger partial charge in [0.2, 0.25) is 0 Å². The second-order valence-electron chi connectivity index (χ2n) is 11.4. The van der Waals surface area contributed by atoms with Crippen LogP contribution in [0.2, 0.25) is 0 Å². The number of benzene rings is 1. The second kappa shape index (κ2) is 10.3. The third kappa shape index (κ3) is 5.36. The SMILES string of the molecule is Cn1c(COc2cccc(C(F)(F)F)c2)nnc1[C@H]1CC[C@H](n2cc(C34CCC(NC(=O)O)(CC3)CO4)nn2)CC1. The highest BCUT2D eigenvalue weighted by atomic mass is 19.4. The number of ether oxygens (including phenoxy) is 2. The number of rotatable bonds is 7. The molecule has 41 heavy (non-hydrogen) atoms. The van der Waals surface area contributed by atoms with E-state index in [4.69, 9.17) is 9.47 Å². The maximum atomic E-state index is 13.0. The van der Waals surface area contributed by atoms with Gasteiger partial charge in [-0.15, -0.1) is 15.3 Å². The molecule has 2 saturated carbocycles. The van der Waals surface area contributed by atoms with Gasteiger partial charge in [-0.05, 0) is 69.6 Å². The van der Waals surface area contributed by atoms with Crippen molar-refractivity contribution in [2.45, 2.75) is 87.2 Å². The van der Waals surface area contributed by atoms with Crippen LogP contribution in [0, 0.1) is 0 Å². The van der Waals surface area contributed by atoms with Crippen LogP contribution in [0.5, 0.6) is 5.75 Å². The molecular formula is C27H32F3N7O4. The molecule has 2 aliphatic heterocycles. The molecule has 220 valence electrons. The topological polar surface area (TPSA) is 129 Å². The molecule has 4 aliphatic rings. The summed E-state index contributed by atoms with van der Waals surface area (Å²) < 4.78 is 54.6. The number of amides is 1. The van der Waals surface area contributed by atoms with Crippen LogP contribution in [0.1, 0.15) is 86.2 Å². The molecule has 4 fully saturated rings.